The smallest absolute Gasteiger partial charge is 0.166 e. The SMILES string of the molecule is CCOC(CSc1cc(N)cc(F)c1)OCC. The number of thioether (sulfide) groups is 1. The Hall–Kier alpha value is -0.780. The highest BCUT2D eigenvalue weighted by atomic mass is 32.2. The van der Waals surface area contributed by atoms with Crippen molar-refractivity contribution < 1.29 is 13.9 Å². The van der Waals surface area contributed by atoms with Crippen molar-refractivity contribution >= 4 is 17.4 Å². The van der Waals surface area contributed by atoms with Crippen molar-refractivity contribution in [1.29, 1.82) is 0 Å². The first-order chi connectivity index (χ1) is 8.15. The minimum absolute atomic E-state index is 0.264. The van der Waals surface area contributed by atoms with E-state index in [9.17, 15) is 4.39 Å². The number of anilines is 1. The van der Waals surface area contributed by atoms with Gasteiger partial charge in [0.05, 0.1) is 0 Å². The number of ether oxygens (including phenoxy) is 2. The summed E-state index contributed by atoms with van der Waals surface area (Å²) >= 11 is 1.47. The molecule has 0 aromatic heterocycles. The first kappa shape index (κ1) is 14.3. The monoisotopic (exact) mass is 259 g/mol. The largest absolute Gasteiger partial charge is 0.399 e. The number of benzene rings is 1. The Morgan fingerprint density at radius 2 is 1.88 bits per heavy atom. The third-order valence-electron chi connectivity index (χ3n) is 1.98. The molecule has 17 heavy (non-hydrogen) atoms. The minimum atomic E-state index is -0.322. The van der Waals surface area contributed by atoms with Crippen LogP contribution in [0.15, 0.2) is 23.1 Å². The molecule has 3 nitrogen and oxygen atoms in total. The van der Waals surface area contributed by atoms with Crippen molar-refractivity contribution in [2.24, 2.45) is 0 Å². The Labute approximate surface area is 105 Å². The Morgan fingerprint density at radius 1 is 1.24 bits per heavy atom. The fourth-order valence-corrected chi connectivity index (χ4v) is 2.28. The quantitative estimate of drug-likeness (QED) is 0.464. The fraction of sp³-hybridized carbons (Fsp3) is 0.500. The van der Waals surface area contributed by atoms with Crippen LogP contribution in [-0.4, -0.2) is 25.3 Å². The molecule has 0 aliphatic carbocycles. The van der Waals surface area contributed by atoms with Gasteiger partial charge in [0, 0.05) is 29.5 Å². The van der Waals surface area contributed by atoms with Crippen LogP contribution in [0.4, 0.5) is 10.1 Å². The van der Waals surface area contributed by atoms with Crippen LogP contribution in [-0.2, 0) is 9.47 Å². The lowest BCUT2D eigenvalue weighted by Gasteiger charge is -2.16. The summed E-state index contributed by atoms with van der Waals surface area (Å²) in [5.74, 6) is 0.293. The molecule has 0 amide bonds. The number of halogens is 1. The zero-order valence-electron chi connectivity index (χ0n) is 10.1. The van der Waals surface area contributed by atoms with E-state index in [0.29, 0.717) is 24.7 Å². The maximum Gasteiger partial charge on any atom is 0.166 e. The Bertz CT molecular complexity index is 323. The minimum Gasteiger partial charge on any atom is -0.399 e. The molecular formula is C12H18FNO2S. The van der Waals surface area contributed by atoms with Gasteiger partial charge in [0.25, 0.3) is 0 Å². The number of hydrogen-bond acceptors (Lipinski definition) is 4. The second-order valence-corrected chi connectivity index (χ2v) is 4.46. The third-order valence-corrected chi connectivity index (χ3v) is 2.99. The van der Waals surface area contributed by atoms with Crippen LogP contribution >= 0.6 is 11.8 Å². The second-order valence-electron chi connectivity index (χ2n) is 3.37. The predicted octanol–water partition coefficient (Wildman–Crippen LogP) is 2.90. The molecule has 0 atom stereocenters. The molecule has 0 spiro atoms. The summed E-state index contributed by atoms with van der Waals surface area (Å²) in [5.41, 5.74) is 5.99. The second kappa shape index (κ2) is 7.53. The average molecular weight is 259 g/mol. The summed E-state index contributed by atoms with van der Waals surface area (Å²) in [4.78, 5) is 0.784. The highest BCUT2D eigenvalue weighted by molar-refractivity contribution is 7.99. The normalized spacial score (nSPS) is 11.1. The van der Waals surface area contributed by atoms with Gasteiger partial charge in [-0.05, 0) is 32.0 Å². The maximum atomic E-state index is 13.1. The average Bonchev–Trinajstić information content (AvgIpc) is 2.25. The van der Waals surface area contributed by atoms with Crippen LogP contribution < -0.4 is 5.73 Å². The lowest BCUT2D eigenvalue weighted by atomic mass is 10.3. The van der Waals surface area contributed by atoms with E-state index in [1.54, 1.807) is 6.07 Å². The van der Waals surface area contributed by atoms with Crippen molar-refractivity contribution in [2.45, 2.75) is 25.0 Å². The molecule has 96 valence electrons. The summed E-state index contributed by atoms with van der Waals surface area (Å²) in [6.45, 7) is 5.01. The molecular weight excluding hydrogens is 241 g/mol. The van der Waals surface area contributed by atoms with E-state index < -0.39 is 0 Å². The Balaban J connectivity index is 2.52. The van der Waals surface area contributed by atoms with E-state index in [1.165, 1.54) is 23.9 Å². The van der Waals surface area contributed by atoms with E-state index in [4.69, 9.17) is 15.2 Å². The molecule has 1 aromatic carbocycles. The van der Waals surface area contributed by atoms with E-state index in [2.05, 4.69) is 0 Å². The summed E-state index contributed by atoms with van der Waals surface area (Å²) in [6.07, 6.45) is -0.264. The Kier molecular flexibility index (Phi) is 6.32. The highest BCUT2D eigenvalue weighted by Crippen LogP contribution is 2.23. The fourth-order valence-electron chi connectivity index (χ4n) is 1.35. The van der Waals surface area contributed by atoms with Gasteiger partial charge in [0.15, 0.2) is 6.29 Å². The summed E-state index contributed by atoms with van der Waals surface area (Å²) < 4.78 is 23.9. The van der Waals surface area contributed by atoms with Gasteiger partial charge < -0.3 is 15.2 Å². The topological polar surface area (TPSA) is 44.5 Å². The van der Waals surface area contributed by atoms with E-state index in [0.717, 1.165) is 4.90 Å². The molecule has 0 radical (unpaired) electrons. The molecule has 0 aliphatic rings. The van der Waals surface area contributed by atoms with Gasteiger partial charge >= 0.3 is 0 Å². The van der Waals surface area contributed by atoms with Crippen LogP contribution in [0.5, 0.6) is 0 Å². The van der Waals surface area contributed by atoms with Crippen molar-refractivity contribution in [2.75, 3.05) is 24.7 Å². The Morgan fingerprint density at radius 3 is 2.41 bits per heavy atom. The van der Waals surface area contributed by atoms with Crippen LogP contribution in [0.3, 0.4) is 0 Å². The van der Waals surface area contributed by atoms with Crippen LogP contribution in [0, 0.1) is 5.82 Å². The summed E-state index contributed by atoms with van der Waals surface area (Å²) in [5, 5.41) is 0. The molecule has 0 saturated heterocycles. The van der Waals surface area contributed by atoms with E-state index in [-0.39, 0.29) is 12.1 Å². The van der Waals surface area contributed by atoms with Gasteiger partial charge in [-0.25, -0.2) is 4.39 Å². The first-order valence-electron chi connectivity index (χ1n) is 5.57. The van der Waals surface area contributed by atoms with Crippen molar-refractivity contribution in [3.8, 4) is 0 Å². The first-order valence-corrected chi connectivity index (χ1v) is 6.56. The number of nitrogen functional groups attached to an aromatic ring is 1. The molecule has 0 unspecified atom stereocenters. The summed E-state index contributed by atoms with van der Waals surface area (Å²) in [7, 11) is 0. The molecule has 0 bridgehead atoms. The van der Waals surface area contributed by atoms with Crippen molar-refractivity contribution in [3.63, 3.8) is 0 Å². The lowest BCUT2D eigenvalue weighted by molar-refractivity contribution is -0.120. The number of hydrogen-bond donors (Lipinski definition) is 1. The van der Waals surface area contributed by atoms with Gasteiger partial charge in [-0.1, -0.05) is 0 Å². The van der Waals surface area contributed by atoms with Crippen molar-refractivity contribution in [3.05, 3.63) is 24.0 Å². The zero-order chi connectivity index (χ0) is 12.7. The van der Waals surface area contributed by atoms with Crippen molar-refractivity contribution in [1.82, 2.24) is 0 Å². The lowest BCUT2D eigenvalue weighted by Crippen LogP contribution is -2.19. The van der Waals surface area contributed by atoms with Gasteiger partial charge in [-0.2, -0.15) is 0 Å². The molecule has 0 fully saturated rings. The predicted molar refractivity (Wildman–Crippen MR) is 68.6 cm³/mol. The van der Waals surface area contributed by atoms with Gasteiger partial charge in [0.1, 0.15) is 5.82 Å². The molecule has 1 rings (SSSR count). The van der Waals surface area contributed by atoms with Gasteiger partial charge in [-0.15, -0.1) is 11.8 Å². The number of nitrogens with two attached hydrogens (primary N) is 1. The van der Waals surface area contributed by atoms with Gasteiger partial charge in [-0.3, -0.25) is 0 Å². The third kappa shape index (κ3) is 5.39. The van der Waals surface area contributed by atoms with Crippen LogP contribution in [0.1, 0.15) is 13.8 Å². The standard InChI is InChI=1S/C12H18FNO2S/c1-3-15-12(16-4-2)8-17-11-6-9(13)5-10(14)7-11/h5-7,12H,3-4,8,14H2,1-2H3. The molecule has 0 aliphatic heterocycles. The molecule has 5 heteroatoms. The van der Waals surface area contributed by atoms with Crippen LogP contribution in [0.25, 0.3) is 0 Å². The molecule has 1 aromatic rings. The highest BCUT2D eigenvalue weighted by Gasteiger charge is 2.09. The zero-order valence-corrected chi connectivity index (χ0v) is 10.9. The van der Waals surface area contributed by atoms with Crippen LogP contribution in [0.2, 0.25) is 0 Å². The van der Waals surface area contributed by atoms with E-state index >= 15 is 0 Å². The van der Waals surface area contributed by atoms with Gasteiger partial charge in [0.2, 0.25) is 0 Å². The molecule has 0 saturated carbocycles. The summed E-state index contributed by atoms with van der Waals surface area (Å²) in [6, 6.07) is 4.49. The number of rotatable bonds is 7. The molecule has 0 heterocycles. The maximum absolute atomic E-state index is 13.1. The molecule has 2 N–H and O–H groups in total. The van der Waals surface area contributed by atoms with E-state index in [1.807, 2.05) is 13.8 Å².